The molecule has 0 atom stereocenters. The Kier molecular flexibility index (Phi) is 1.20. The van der Waals surface area contributed by atoms with Gasteiger partial charge in [-0.25, -0.2) is 0 Å². The number of nitrogens with zero attached hydrogens (tertiary/aromatic N) is 2. The van der Waals surface area contributed by atoms with Crippen molar-refractivity contribution in [3.8, 4) is 0 Å². The Morgan fingerprint density at radius 1 is 1.50 bits per heavy atom. The molecule has 2 rings (SSSR count). The van der Waals surface area contributed by atoms with E-state index >= 15 is 0 Å². The second kappa shape index (κ2) is 1.95. The van der Waals surface area contributed by atoms with Gasteiger partial charge >= 0.3 is 0 Å². The number of rotatable bonds is 1. The molecule has 0 radical (unpaired) electrons. The molecular weight excluding hydrogens is 126 g/mol. The predicted octanol–water partition coefficient (Wildman–Crippen LogP) is 0.0398. The van der Waals surface area contributed by atoms with E-state index in [9.17, 15) is 0 Å². The van der Waals surface area contributed by atoms with Gasteiger partial charge in [0.2, 0.25) is 0 Å². The zero-order chi connectivity index (χ0) is 7.03. The van der Waals surface area contributed by atoms with Gasteiger partial charge < -0.3 is 5.32 Å². The molecule has 1 N–H and O–H groups in total. The minimum absolute atomic E-state index is 0.377. The summed E-state index contributed by atoms with van der Waals surface area (Å²) in [5.74, 6) is 0. The fourth-order valence-electron chi connectivity index (χ4n) is 1.92. The summed E-state index contributed by atoms with van der Waals surface area (Å²) < 4.78 is 0. The van der Waals surface area contributed by atoms with Gasteiger partial charge in [-0.2, -0.15) is 5.10 Å². The summed E-state index contributed by atoms with van der Waals surface area (Å²) in [7, 11) is 0. The van der Waals surface area contributed by atoms with Crippen molar-refractivity contribution in [2.75, 3.05) is 19.6 Å². The molecule has 0 amide bonds. The normalized spacial score (nSPS) is 28.6. The third-order valence-electron chi connectivity index (χ3n) is 2.64. The molecule has 0 bridgehead atoms. The van der Waals surface area contributed by atoms with E-state index in [0.717, 1.165) is 19.6 Å². The highest BCUT2D eigenvalue weighted by atomic mass is 15.5. The van der Waals surface area contributed by atoms with Crippen LogP contribution in [0.2, 0.25) is 0 Å². The molecule has 56 valence electrons. The van der Waals surface area contributed by atoms with Gasteiger partial charge in [0.25, 0.3) is 0 Å². The Bertz CT molecular complexity index is 151. The maximum atomic E-state index is 4.01. The molecule has 0 unspecified atom stereocenters. The zero-order valence-electron chi connectivity index (χ0n) is 6.14. The van der Waals surface area contributed by atoms with E-state index in [2.05, 4.69) is 22.1 Å². The molecule has 2 heterocycles. The first-order valence-electron chi connectivity index (χ1n) is 3.82. The molecule has 2 aliphatic rings. The monoisotopic (exact) mass is 139 g/mol. The van der Waals surface area contributed by atoms with Crippen molar-refractivity contribution in [3.05, 3.63) is 0 Å². The van der Waals surface area contributed by atoms with Gasteiger partial charge in [0.05, 0.1) is 5.54 Å². The summed E-state index contributed by atoms with van der Waals surface area (Å²) in [6.45, 7) is 6.88. The molecule has 0 aromatic rings. The van der Waals surface area contributed by atoms with Crippen LogP contribution in [0.5, 0.6) is 0 Å². The van der Waals surface area contributed by atoms with Gasteiger partial charge in [0, 0.05) is 26.4 Å². The van der Waals surface area contributed by atoms with E-state index in [-0.39, 0.29) is 0 Å². The smallest absolute Gasteiger partial charge is 0.0827 e. The second-order valence-corrected chi connectivity index (χ2v) is 3.20. The molecule has 0 aromatic carbocycles. The topological polar surface area (TPSA) is 27.6 Å². The first-order chi connectivity index (χ1) is 4.87. The van der Waals surface area contributed by atoms with Crippen LogP contribution in [0.1, 0.15) is 12.8 Å². The first kappa shape index (κ1) is 6.16. The molecule has 3 heteroatoms. The van der Waals surface area contributed by atoms with Crippen LogP contribution in [0.15, 0.2) is 5.10 Å². The first-order valence-corrected chi connectivity index (χ1v) is 3.82. The van der Waals surface area contributed by atoms with Gasteiger partial charge in [0.1, 0.15) is 0 Å². The standard InChI is InChI=1S/C7H13N3/c1-8-10-4-2-3-7(10)5-9-6-7/h9H,1-6H2. The van der Waals surface area contributed by atoms with Gasteiger partial charge in [-0.15, -0.1) is 0 Å². The Balaban J connectivity index is 2.11. The van der Waals surface area contributed by atoms with Gasteiger partial charge in [0.15, 0.2) is 0 Å². The molecule has 1 spiro atoms. The second-order valence-electron chi connectivity index (χ2n) is 3.20. The van der Waals surface area contributed by atoms with Crippen molar-refractivity contribution >= 4 is 6.72 Å². The third kappa shape index (κ3) is 0.611. The molecule has 0 saturated carbocycles. The van der Waals surface area contributed by atoms with Crippen LogP contribution in [0.4, 0.5) is 0 Å². The Morgan fingerprint density at radius 2 is 2.30 bits per heavy atom. The van der Waals surface area contributed by atoms with Gasteiger partial charge in [-0.05, 0) is 12.8 Å². The lowest BCUT2D eigenvalue weighted by molar-refractivity contribution is 0.0839. The number of hydrogen-bond donors (Lipinski definition) is 1. The molecule has 0 aliphatic carbocycles. The van der Waals surface area contributed by atoms with Crippen LogP contribution in [0.25, 0.3) is 0 Å². The van der Waals surface area contributed by atoms with Crippen molar-refractivity contribution < 1.29 is 0 Å². The van der Waals surface area contributed by atoms with Crippen molar-refractivity contribution in [1.82, 2.24) is 10.3 Å². The van der Waals surface area contributed by atoms with Crippen LogP contribution in [-0.2, 0) is 0 Å². The average molecular weight is 139 g/mol. The van der Waals surface area contributed by atoms with Gasteiger partial charge in [-0.1, -0.05) is 0 Å². The van der Waals surface area contributed by atoms with E-state index in [1.165, 1.54) is 12.8 Å². The summed E-state index contributed by atoms with van der Waals surface area (Å²) in [6, 6.07) is 0. The van der Waals surface area contributed by atoms with Crippen molar-refractivity contribution in [3.63, 3.8) is 0 Å². The maximum Gasteiger partial charge on any atom is 0.0827 e. The summed E-state index contributed by atoms with van der Waals surface area (Å²) in [5.41, 5.74) is 0.377. The zero-order valence-corrected chi connectivity index (χ0v) is 6.14. The van der Waals surface area contributed by atoms with E-state index in [1.54, 1.807) is 0 Å². The molecular formula is C7H13N3. The summed E-state index contributed by atoms with van der Waals surface area (Å²) in [6.07, 6.45) is 2.57. The lowest BCUT2D eigenvalue weighted by Gasteiger charge is -2.44. The average Bonchev–Trinajstić information content (AvgIpc) is 2.27. The summed E-state index contributed by atoms with van der Waals surface area (Å²) >= 11 is 0. The molecule has 2 fully saturated rings. The third-order valence-corrected chi connectivity index (χ3v) is 2.64. The van der Waals surface area contributed by atoms with E-state index < -0.39 is 0 Å². The fraction of sp³-hybridized carbons (Fsp3) is 0.857. The van der Waals surface area contributed by atoms with E-state index in [1.807, 2.05) is 0 Å². The Hall–Kier alpha value is -0.570. The van der Waals surface area contributed by atoms with E-state index in [0.29, 0.717) is 5.54 Å². The number of hydrazone groups is 1. The molecule has 2 aliphatic heterocycles. The van der Waals surface area contributed by atoms with Gasteiger partial charge in [-0.3, -0.25) is 5.01 Å². The largest absolute Gasteiger partial charge is 0.312 e. The highest BCUT2D eigenvalue weighted by molar-refractivity contribution is 5.23. The Labute approximate surface area is 61.1 Å². The van der Waals surface area contributed by atoms with Crippen molar-refractivity contribution in [2.24, 2.45) is 5.10 Å². The summed E-state index contributed by atoms with van der Waals surface area (Å²) in [5, 5.41) is 9.43. The highest BCUT2D eigenvalue weighted by Crippen LogP contribution is 2.32. The minimum atomic E-state index is 0.377. The molecule has 2 saturated heterocycles. The Morgan fingerprint density at radius 3 is 2.70 bits per heavy atom. The minimum Gasteiger partial charge on any atom is -0.312 e. The molecule has 3 nitrogen and oxygen atoms in total. The molecule has 0 aromatic heterocycles. The van der Waals surface area contributed by atoms with Crippen LogP contribution in [0.3, 0.4) is 0 Å². The predicted molar refractivity (Wildman–Crippen MR) is 41.1 cm³/mol. The number of nitrogens with one attached hydrogen (secondary N) is 1. The SMILES string of the molecule is C=NN1CCCC12CNC2. The van der Waals surface area contributed by atoms with Crippen molar-refractivity contribution in [2.45, 2.75) is 18.4 Å². The van der Waals surface area contributed by atoms with Crippen LogP contribution >= 0.6 is 0 Å². The number of hydrogen-bond acceptors (Lipinski definition) is 3. The fourth-order valence-corrected chi connectivity index (χ4v) is 1.92. The van der Waals surface area contributed by atoms with Crippen LogP contribution in [0, 0.1) is 0 Å². The maximum absolute atomic E-state index is 4.01. The lowest BCUT2D eigenvalue weighted by Crippen LogP contribution is -2.64. The van der Waals surface area contributed by atoms with E-state index in [4.69, 9.17) is 0 Å². The van der Waals surface area contributed by atoms with Crippen molar-refractivity contribution in [1.29, 1.82) is 0 Å². The van der Waals surface area contributed by atoms with Crippen LogP contribution < -0.4 is 5.32 Å². The molecule has 10 heavy (non-hydrogen) atoms. The lowest BCUT2D eigenvalue weighted by atomic mass is 9.90. The highest BCUT2D eigenvalue weighted by Gasteiger charge is 2.45. The van der Waals surface area contributed by atoms with Crippen LogP contribution in [-0.4, -0.2) is 36.9 Å². The quantitative estimate of drug-likeness (QED) is 0.519. The summed E-state index contributed by atoms with van der Waals surface area (Å²) in [4.78, 5) is 0.